The Bertz CT molecular complexity index is 559. The number of nitrogens with one attached hydrogen (secondary N) is 1. The van der Waals surface area contributed by atoms with Gasteiger partial charge >= 0.3 is 0 Å². The second-order valence-corrected chi connectivity index (χ2v) is 4.51. The highest BCUT2D eigenvalue weighted by molar-refractivity contribution is 7.12. The molecule has 18 heavy (non-hydrogen) atoms. The molecular formula is C14H11NO2S. The van der Waals surface area contributed by atoms with Gasteiger partial charge in [-0.2, -0.15) is 0 Å². The third-order valence-electron chi connectivity index (χ3n) is 2.25. The Morgan fingerprint density at radius 1 is 1.11 bits per heavy atom. The smallest absolute Gasteiger partial charge is 0.265 e. The van der Waals surface area contributed by atoms with E-state index in [2.05, 4.69) is 5.32 Å². The highest BCUT2D eigenvalue weighted by Crippen LogP contribution is 2.09. The quantitative estimate of drug-likeness (QED) is 0.676. The Labute approximate surface area is 109 Å². The Morgan fingerprint density at radius 2 is 1.89 bits per heavy atom. The van der Waals surface area contributed by atoms with Gasteiger partial charge in [0.15, 0.2) is 6.29 Å². The molecule has 0 saturated heterocycles. The fourth-order valence-corrected chi connectivity index (χ4v) is 2.05. The summed E-state index contributed by atoms with van der Waals surface area (Å²) in [5, 5.41) is 4.40. The molecule has 2 rings (SSSR count). The molecule has 90 valence electrons. The molecule has 3 nitrogen and oxygen atoms in total. The van der Waals surface area contributed by atoms with Crippen LogP contribution in [-0.2, 0) is 4.79 Å². The van der Waals surface area contributed by atoms with E-state index in [-0.39, 0.29) is 11.6 Å². The summed E-state index contributed by atoms with van der Waals surface area (Å²) in [4.78, 5) is 23.3. The van der Waals surface area contributed by atoms with E-state index in [0.29, 0.717) is 11.2 Å². The molecule has 0 bridgehead atoms. The van der Waals surface area contributed by atoms with Crippen LogP contribution in [0.1, 0.15) is 15.2 Å². The monoisotopic (exact) mass is 257 g/mol. The number of allylic oxidation sites excluding steroid dienone is 1. The van der Waals surface area contributed by atoms with Crippen molar-refractivity contribution >= 4 is 29.6 Å². The predicted molar refractivity (Wildman–Crippen MR) is 72.3 cm³/mol. The summed E-state index contributed by atoms with van der Waals surface area (Å²) in [6.45, 7) is 0. The van der Waals surface area contributed by atoms with E-state index in [9.17, 15) is 9.59 Å². The normalized spacial score (nSPS) is 11.0. The van der Waals surface area contributed by atoms with Crippen LogP contribution >= 0.6 is 11.3 Å². The lowest BCUT2D eigenvalue weighted by molar-refractivity contribution is -0.105. The summed E-state index contributed by atoms with van der Waals surface area (Å²) >= 11 is 1.33. The van der Waals surface area contributed by atoms with Crippen LogP contribution in [0.4, 0.5) is 0 Å². The number of carbonyl (C=O) groups excluding carboxylic acids is 2. The molecule has 0 radical (unpaired) electrons. The summed E-state index contributed by atoms with van der Waals surface area (Å²) in [6, 6.07) is 12.9. The molecule has 1 N–H and O–H groups in total. The van der Waals surface area contributed by atoms with Gasteiger partial charge in [0.2, 0.25) is 0 Å². The summed E-state index contributed by atoms with van der Waals surface area (Å²) < 4.78 is 0. The van der Waals surface area contributed by atoms with Crippen molar-refractivity contribution in [2.24, 2.45) is 0 Å². The molecule has 0 saturated carbocycles. The molecular weight excluding hydrogens is 246 g/mol. The minimum absolute atomic E-state index is 0.250. The number of thiophene rings is 1. The standard InChI is InChI=1S/C14H11NO2S/c16-10-12(9-11-5-2-1-3-6-11)15-14(17)13-7-4-8-18-13/h1-10H,(H,15,17)/b12-9+. The summed E-state index contributed by atoms with van der Waals surface area (Å²) in [7, 11) is 0. The van der Waals surface area contributed by atoms with Crippen molar-refractivity contribution in [1.82, 2.24) is 5.32 Å². The van der Waals surface area contributed by atoms with Gasteiger partial charge in [-0.05, 0) is 23.1 Å². The Hall–Kier alpha value is -2.20. The first-order valence-corrected chi connectivity index (χ1v) is 6.24. The third-order valence-corrected chi connectivity index (χ3v) is 3.12. The van der Waals surface area contributed by atoms with Crippen LogP contribution in [0.15, 0.2) is 53.5 Å². The molecule has 0 aliphatic carbocycles. The van der Waals surface area contributed by atoms with Gasteiger partial charge in [-0.15, -0.1) is 11.3 Å². The SMILES string of the molecule is O=C/C(=C\c1ccccc1)NC(=O)c1cccs1. The van der Waals surface area contributed by atoms with Crippen molar-refractivity contribution in [2.45, 2.75) is 0 Å². The zero-order valence-corrected chi connectivity index (χ0v) is 10.3. The van der Waals surface area contributed by atoms with E-state index in [0.717, 1.165) is 5.56 Å². The highest BCUT2D eigenvalue weighted by atomic mass is 32.1. The molecule has 0 aliphatic rings. The van der Waals surface area contributed by atoms with Gasteiger partial charge in [0.05, 0.1) is 10.6 Å². The summed E-state index contributed by atoms with van der Waals surface area (Å²) in [5.74, 6) is -0.265. The van der Waals surface area contributed by atoms with Crippen molar-refractivity contribution in [2.75, 3.05) is 0 Å². The topological polar surface area (TPSA) is 46.2 Å². The average molecular weight is 257 g/mol. The Morgan fingerprint density at radius 3 is 2.50 bits per heavy atom. The van der Waals surface area contributed by atoms with Crippen LogP contribution in [0.5, 0.6) is 0 Å². The molecule has 0 unspecified atom stereocenters. The first kappa shape index (κ1) is 12.3. The van der Waals surface area contributed by atoms with Crippen LogP contribution in [0, 0.1) is 0 Å². The fourth-order valence-electron chi connectivity index (χ4n) is 1.43. The number of rotatable bonds is 4. The minimum Gasteiger partial charge on any atom is -0.318 e. The van der Waals surface area contributed by atoms with Crippen molar-refractivity contribution in [3.63, 3.8) is 0 Å². The molecule has 0 fully saturated rings. The van der Waals surface area contributed by atoms with Gasteiger partial charge in [-0.25, -0.2) is 0 Å². The predicted octanol–water partition coefficient (Wildman–Crippen LogP) is 2.72. The highest BCUT2D eigenvalue weighted by Gasteiger charge is 2.07. The van der Waals surface area contributed by atoms with Crippen LogP contribution in [0.25, 0.3) is 6.08 Å². The lowest BCUT2D eigenvalue weighted by Crippen LogP contribution is -2.22. The zero-order chi connectivity index (χ0) is 12.8. The van der Waals surface area contributed by atoms with Crippen molar-refractivity contribution in [3.8, 4) is 0 Å². The number of hydrogen-bond donors (Lipinski definition) is 1. The maximum Gasteiger partial charge on any atom is 0.265 e. The summed E-state index contributed by atoms with van der Waals surface area (Å²) in [6.07, 6.45) is 2.27. The number of carbonyl (C=O) groups is 2. The number of benzene rings is 1. The van der Waals surface area contributed by atoms with Crippen molar-refractivity contribution in [1.29, 1.82) is 0 Å². The third kappa shape index (κ3) is 3.15. The lowest BCUT2D eigenvalue weighted by Gasteiger charge is -2.02. The van der Waals surface area contributed by atoms with Gasteiger partial charge < -0.3 is 5.32 Å². The minimum atomic E-state index is -0.265. The number of aldehydes is 1. The number of amides is 1. The second kappa shape index (κ2) is 5.93. The molecule has 0 spiro atoms. The van der Waals surface area contributed by atoms with E-state index in [1.54, 1.807) is 18.2 Å². The van der Waals surface area contributed by atoms with Crippen LogP contribution in [0.3, 0.4) is 0 Å². The van der Waals surface area contributed by atoms with E-state index in [4.69, 9.17) is 0 Å². The fraction of sp³-hybridized carbons (Fsp3) is 0. The molecule has 4 heteroatoms. The molecule has 1 heterocycles. The van der Waals surface area contributed by atoms with E-state index < -0.39 is 0 Å². The zero-order valence-electron chi connectivity index (χ0n) is 9.50. The molecule has 0 atom stereocenters. The summed E-state index contributed by atoms with van der Waals surface area (Å²) in [5.41, 5.74) is 1.12. The molecule has 1 aromatic carbocycles. The maximum atomic E-state index is 11.8. The molecule has 0 aliphatic heterocycles. The molecule has 1 aromatic heterocycles. The van der Waals surface area contributed by atoms with Crippen LogP contribution in [0.2, 0.25) is 0 Å². The van der Waals surface area contributed by atoms with Crippen molar-refractivity contribution < 1.29 is 9.59 Å². The Balaban J connectivity index is 2.13. The molecule has 2 aromatic rings. The van der Waals surface area contributed by atoms with Crippen LogP contribution < -0.4 is 5.32 Å². The van der Waals surface area contributed by atoms with E-state index in [1.165, 1.54) is 11.3 Å². The first-order chi connectivity index (χ1) is 8.79. The van der Waals surface area contributed by atoms with Crippen LogP contribution in [-0.4, -0.2) is 12.2 Å². The van der Waals surface area contributed by atoms with Gasteiger partial charge in [-0.3, -0.25) is 9.59 Å². The van der Waals surface area contributed by atoms with E-state index >= 15 is 0 Å². The van der Waals surface area contributed by atoms with Gasteiger partial charge in [-0.1, -0.05) is 36.4 Å². The van der Waals surface area contributed by atoms with E-state index in [1.807, 2.05) is 35.7 Å². The van der Waals surface area contributed by atoms with Gasteiger partial charge in [0, 0.05) is 0 Å². The molecule has 1 amide bonds. The Kier molecular flexibility index (Phi) is 4.04. The van der Waals surface area contributed by atoms with Crippen molar-refractivity contribution in [3.05, 3.63) is 64.0 Å². The largest absolute Gasteiger partial charge is 0.318 e. The van der Waals surface area contributed by atoms with Gasteiger partial charge in [0.1, 0.15) is 0 Å². The maximum absolute atomic E-state index is 11.8. The number of hydrogen-bond acceptors (Lipinski definition) is 3. The first-order valence-electron chi connectivity index (χ1n) is 5.36. The van der Waals surface area contributed by atoms with Gasteiger partial charge in [0.25, 0.3) is 5.91 Å². The average Bonchev–Trinajstić information content (AvgIpc) is 2.93. The second-order valence-electron chi connectivity index (χ2n) is 3.56. The lowest BCUT2D eigenvalue weighted by atomic mass is 10.2.